The summed E-state index contributed by atoms with van der Waals surface area (Å²) in [5.74, 6) is 0.0933. The van der Waals surface area contributed by atoms with E-state index in [-0.39, 0.29) is 11.3 Å². The van der Waals surface area contributed by atoms with E-state index in [4.69, 9.17) is 0 Å². The molecule has 2 N–H and O–H groups in total. The number of benzene rings is 1. The molecule has 0 fully saturated rings. The zero-order chi connectivity index (χ0) is 16.2. The highest BCUT2D eigenvalue weighted by molar-refractivity contribution is 5.69. The minimum Gasteiger partial charge on any atom is -0.507 e. The van der Waals surface area contributed by atoms with Crippen LogP contribution < -0.4 is 5.56 Å². The van der Waals surface area contributed by atoms with E-state index < -0.39 is 0 Å². The molecule has 0 amide bonds. The van der Waals surface area contributed by atoms with E-state index in [1.807, 2.05) is 29.7 Å². The maximum absolute atomic E-state index is 12.3. The lowest BCUT2D eigenvalue weighted by molar-refractivity contribution is 0.477. The lowest BCUT2D eigenvalue weighted by atomic mass is 10.1. The molecule has 0 aliphatic carbocycles. The molecule has 116 valence electrons. The molecule has 1 aromatic carbocycles. The second-order valence-corrected chi connectivity index (χ2v) is 5.19. The number of H-pyrrole nitrogens is 1. The molecule has 0 saturated heterocycles. The van der Waals surface area contributed by atoms with Crippen LogP contribution in [0.4, 0.5) is 0 Å². The Morgan fingerprint density at radius 1 is 1.22 bits per heavy atom. The van der Waals surface area contributed by atoms with Crippen LogP contribution in [0.25, 0.3) is 17.2 Å². The third-order valence-corrected chi connectivity index (χ3v) is 3.59. The Morgan fingerprint density at radius 2 is 2.04 bits per heavy atom. The number of phenolic OH excluding ortho intramolecular Hbond substituents is 1. The molecule has 0 spiro atoms. The van der Waals surface area contributed by atoms with Gasteiger partial charge in [-0.25, -0.2) is 4.98 Å². The van der Waals surface area contributed by atoms with E-state index >= 15 is 0 Å². The average Bonchev–Trinajstić information content (AvgIpc) is 2.96. The van der Waals surface area contributed by atoms with Gasteiger partial charge in [0, 0.05) is 11.3 Å². The molecule has 0 bridgehead atoms. The Bertz CT molecular complexity index is 906. The molecule has 2 heterocycles. The van der Waals surface area contributed by atoms with Gasteiger partial charge in [-0.05, 0) is 31.2 Å². The summed E-state index contributed by atoms with van der Waals surface area (Å²) in [4.78, 5) is 19.3. The van der Waals surface area contributed by atoms with Gasteiger partial charge in [0.25, 0.3) is 5.56 Å². The fourth-order valence-corrected chi connectivity index (χ4v) is 2.48. The van der Waals surface area contributed by atoms with Crippen LogP contribution in [0.3, 0.4) is 0 Å². The molecule has 3 aromatic rings. The topological polar surface area (TPSA) is 70.9 Å². The van der Waals surface area contributed by atoms with Gasteiger partial charge in [0.15, 0.2) is 0 Å². The second kappa shape index (κ2) is 6.36. The number of rotatable bonds is 4. The van der Waals surface area contributed by atoms with Crippen molar-refractivity contribution in [3.63, 3.8) is 0 Å². The number of allylic oxidation sites excluding steroid dienone is 1. The number of aromatic hydroxyl groups is 1. The highest BCUT2D eigenvalue weighted by atomic mass is 16.3. The summed E-state index contributed by atoms with van der Waals surface area (Å²) in [7, 11) is 0. The molecule has 0 radical (unpaired) electrons. The molecule has 0 unspecified atom stereocenters. The Kier molecular flexibility index (Phi) is 4.10. The Balaban J connectivity index is 1.92. The summed E-state index contributed by atoms with van der Waals surface area (Å²) in [6.07, 6.45) is 7.40. The average molecular weight is 307 g/mol. The molecule has 3 rings (SSSR count). The summed E-state index contributed by atoms with van der Waals surface area (Å²) in [6.45, 7) is 2.47. The zero-order valence-electron chi connectivity index (χ0n) is 12.7. The van der Waals surface area contributed by atoms with Crippen molar-refractivity contribution >= 4 is 6.08 Å². The minimum absolute atomic E-state index is 0.0933. The monoisotopic (exact) mass is 307 g/mol. The number of aromatic amines is 1. The molecular weight excluding hydrogens is 290 g/mol. The third-order valence-electron chi connectivity index (χ3n) is 3.59. The van der Waals surface area contributed by atoms with Crippen molar-refractivity contribution in [2.75, 3.05) is 0 Å². The Morgan fingerprint density at radius 3 is 2.78 bits per heavy atom. The quantitative estimate of drug-likeness (QED) is 0.778. The number of para-hydroxylation sites is 1. The summed E-state index contributed by atoms with van der Waals surface area (Å²) < 4.78 is 1.95. The SMILES string of the molecule is C/C=C/c1cncn1Cc1ccc(-c2ccccc2O)c(=O)[nH]1. The number of nitrogens with one attached hydrogen (secondary N) is 1. The van der Waals surface area contributed by atoms with Gasteiger partial charge < -0.3 is 14.7 Å². The molecular formula is C18H17N3O2. The molecule has 5 heteroatoms. The van der Waals surface area contributed by atoms with Crippen molar-refractivity contribution in [3.05, 3.63) is 76.7 Å². The maximum Gasteiger partial charge on any atom is 0.256 e. The number of nitrogens with zero attached hydrogens (tertiary/aromatic N) is 2. The highest BCUT2D eigenvalue weighted by Crippen LogP contribution is 2.25. The Hall–Kier alpha value is -3.08. The van der Waals surface area contributed by atoms with Crippen LogP contribution in [-0.4, -0.2) is 19.6 Å². The standard InChI is InChI=1S/C18H17N3O2/c1-2-5-14-10-19-12-21(14)11-13-8-9-16(18(23)20-13)15-6-3-4-7-17(15)22/h2-10,12,22H,11H2,1H3,(H,20,23)/b5-2+. The van der Waals surface area contributed by atoms with Crippen LogP contribution in [0.5, 0.6) is 5.75 Å². The van der Waals surface area contributed by atoms with Gasteiger partial charge in [-0.1, -0.05) is 24.3 Å². The van der Waals surface area contributed by atoms with Crippen molar-refractivity contribution in [2.24, 2.45) is 0 Å². The number of aromatic nitrogens is 3. The van der Waals surface area contributed by atoms with Crippen LogP contribution in [0, 0.1) is 0 Å². The second-order valence-electron chi connectivity index (χ2n) is 5.19. The van der Waals surface area contributed by atoms with E-state index in [1.54, 1.807) is 42.9 Å². The van der Waals surface area contributed by atoms with Crippen molar-refractivity contribution in [3.8, 4) is 16.9 Å². The van der Waals surface area contributed by atoms with Crippen LogP contribution >= 0.6 is 0 Å². The van der Waals surface area contributed by atoms with Crippen LogP contribution in [0.15, 0.2) is 59.8 Å². The van der Waals surface area contributed by atoms with Gasteiger partial charge in [-0.3, -0.25) is 4.79 Å². The lowest BCUT2D eigenvalue weighted by Crippen LogP contribution is -2.13. The van der Waals surface area contributed by atoms with E-state index in [1.165, 1.54) is 0 Å². The predicted octanol–water partition coefficient (Wildman–Crippen LogP) is 3.03. The summed E-state index contributed by atoms with van der Waals surface area (Å²) in [5, 5.41) is 9.89. The normalized spacial score (nSPS) is 11.2. The van der Waals surface area contributed by atoms with Crippen molar-refractivity contribution in [1.82, 2.24) is 14.5 Å². The zero-order valence-corrected chi connectivity index (χ0v) is 12.7. The largest absolute Gasteiger partial charge is 0.507 e. The van der Waals surface area contributed by atoms with Gasteiger partial charge in [-0.2, -0.15) is 0 Å². The summed E-state index contributed by atoms with van der Waals surface area (Å²) in [6, 6.07) is 10.4. The van der Waals surface area contributed by atoms with Gasteiger partial charge in [-0.15, -0.1) is 0 Å². The fraction of sp³-hybridized carbons (Fsp3) is 0.111. The Labute approximate surface area is 133 Å². The number of hydrogen-bond acceptors (Lipinski definition) is 3. The molecule has 0 aliphatic rings. The predicted molar refractivity (Wildman–Crippen MR) is 90.2 cm³/mol. The van der Waals surface area contributed by atoms with Gasteiger partial charge >= 0.3 is 0 Å². The maximum atomic E-state index is 12.3. The first-order valence-corrected chi connectivity index (χ1v) is 7.32. The van der Waals surface area contributed by atoms with E-state index in [0.29, 0.717) is 17.7 Å². The lowest BCUT2D eigenvalue weighted by Gasteiger charge is -2.08. The summed E-state index contributed by atoms with van der Waals surface area (Å²) in [5.41, 5.74) is 2.50. The van der Waals surface area contributed by atoms with Crippen LogP contribution in [0.2, 0.25) is 0 Å². The van der Waals surface area contributed by atoms with Gasteiger partial charge in [0.1, 0.15) is 5.75 Å². The first kappa shape index (κ1) is 14.8. The molecule has 2 aromatic heterocycles. The minimum atomic E-state index is -0.225. The number of pyridine rings is 1. The number of hydrogen-bond donors (Lipinski definition) is 2. The van der Waals surface area contributed by atoms with E-state index in [0.717, 1.165) is 11.4 Å². The van der Waals surface area contributed by atoms with Crippen molar-refractivity contribution in [1.29, 1.82) is 0 Å². The summed E-state index contributed by atoms with van der Waals surface area (Å²) >= 11 is 0. The third kappa shape index (κ3) is 3.08. The number of phenols is 1. The molecule has 23 heavy (non-hydrogen) atoms. The number of imidazole rings is 1. The molecule has 0 saturated carbocycles. The van der Waals surface area contributed by atoms with Crippen LogP contribution in [-0.2, 0) is 6.54 Å². The van der Waals surface area contributed by atoms with Crippen LogP contribution in [0.1, 0.15) is 18.3 Å². The molecule has 0 atom stereocenters. The smallest absolute Gasteiger partial charge is 0.256 e. The molecule has 5 nitrogen and oxygen atoms in total. The first-order chi connectivity index (χ1) is 11.2. The van der Waals surface area contributed by atoms with Crippen molar-refractivity contribution in [2.45, 2.75) is 13.5 Å². The van der Waals surface area contributed by atoms with Gasteiger partial charge in [0.2, 0.25) is 0 Å². The fourth-order valence-electron chi connectivity index (χ4n) is 2.48. The highest BCUT2D eigenvalue weighted by Gasteiger charge is 2.09. The molecule has 0 aliphatic heterocycles. The first-order valence-electron chi connectivity index (χ1n) is 7.32. The van der Waals surface area contributed by atoms with E-state index in [2.05, 4.69) is 9.97 Å². The van der Waals surface area contributed by atoms with Gasteiger partial charge in [0.05, 0.1) is 30.3 Å². The van der Waals surface area contributed by atoms with Crippen molar-refractivity contribution < 1.29 is 5.11 Å². The van der Waals surface area contributed by atoms with E-state index in [9.17, 15) is 9.90 Å².